The largest absolute Gasteiger partial charge is 0.245 e. The minimum atomic E-state index is 0.591. The Bertz CT molecular complexity index is 252. The molecule has 0 saturated carbocycles. The van der Waals surface area contributed by atoms with E-state index in [0.717, 1.165) is 5.75 Å². The van der Waals surface area contributed by atoms with E-state index in [9.17, 15) is 0 Å². The predicted molar refractivity (Wildman–Crippen MR) is 60.3 cm³/mol. The molecule has 1 nitrogen and oxygen atoms in total. The monoisotopic (exact) mass is 215 g/mol. The summed E-state index contributed by atoms with van der Waals surface area (Å²) in [4.78, 5) is 3.94. The lowest BCUT2D eigenvalue weighted by molar-refractivity contribution is 0.896. The molecule has 0 aliphatic carbocycles. The molecule has 0 spiro atoms. The third kappa shape index (κ3) is 4.53. The van der Waals surface area contributed by atoms with Crippen LogP contribution in [0.2, 0.25) is 5.15 Å². The molecule has 1 heterocycles. The van der Waals surface area contributed by atoms with Gasteiger partial charge in [0.2, 0.25) is 0 Å². The van der Waals surface area contributed by atoms with Gasteiger partial charge in [0.1, 0.15) is 5.15 Å². The molecule has 0 aliphatic rings. The van der Waals surface area contributed by atoms with Gasteiger partial charge in [-0.05, 0) is 29.9 Å². The number of pyridine rings is 1. The van der Waals surface area contributed by atoms with Gasteiger partial charge in [0.05, 0.1) is 0 Å². The third-order valence-corrected chi connectivity index (χ3v) is 3.02. The zero-order valence-corrected chi connectivity index (χ0v) is 9.37. The second kappa shape index (κ2) is 6.28. The molecular weight excluding hydrogens is 202 g/mol. The number of halogens is 1. The Hall–Kier alpha value is -0.210. The fourth-order valence-electron chi connectivity index (χ4n) is 0.969. The fourth-order valence-corrected chi connectivity index (χ4v) is 2.22. The molecule has 0 aromatic carbocycles. The molecule has 0 unspecified atom stereocenters. The smallest absolute Gasteiger partial charge is 0.129 e. The van der Waals surface area contributed by atoms with E-state index in [4.69, 9.17) is 11.6 Å². The maximum Gasteiger partial charge on any atom is 0.129 e. The molecule has 1 rings (SSSR count). The van der Waals surface area contributed by atoms with Crippen molar-refractivity contribution in [3.8, 4) is 0 Å². The van der Waals surface area contributed by atoms with E-state index >= 15 is 0 Å². The molecule has 0 aliphatic heterocycles. The zero-order valence-electron chi connectivity index (χ0n) is 7.79. The van der Waals surface area contributed by atoms with Crippen molar-refractivity contribution in [1.82, 2.24) is 4.98 Å². The van der Waals surface area contributed by atoms with E-state index in [0.29, 0.717) is 5.15 Å². The number of rotatable bonds is 5. The predicted octanol–water partition coefficient (Wildman–Crippen LogP) is 3.77. The van der Waals surface area contributed by atoms with Crippen molar-refractivity contribution in [3.05, 3.63) is 29.0 Å². The highest BCUT2D eigenvalue weighted by atomic mass is 35.5. The Morgan fingerprint density at radius 2 is 2.38 bits per heavy atom. The average molecular weight is 216 g/mol. The first-order valence-corrected chi connectivity index (χ1v) is 6.04. The normalized spacial score (nSPS) is 10.3. The summed E-state index contributed by atoms with van der Waals surface area (Å²) in [6.45, 7) is 2.21. The van der Waals surface area contributed by atoms with Crippen LogP contribution in [0, 0.1) is 0 Å². The van der Waals surface area contributed by atoms with Crippen molar-refractivity contribution in [2.75, 3.05) is 5.75 Å². The molecule has 13 heavy (non-hydrogen) atoms. The van der Waals surface area contributed by atoms with Crippen LogP contribution in [0.15, 0.2) is 18.3 Å². The molecule has 0 bridgehead atoms. The summed E-state index contributed by atoms with van der Waals surface area (Å²) in [5.41, 5.74) is 1.26. The number of thioether (sulfide) groups is 1. The van der Waals surface area contributed by atoms with Crippen molar-refractivity contribution in [3.63, 3.8) is 0 Å². The lowest BCUT2D eigenvalue weighted by Crippen LogP contribution is -1.84. The quantitative estimate of drug-likeness (QED) is 0.548. The van der Waals surface area contributed by atoms with Gasteiger partial charge in [-0.3, -0.25) is 0 Å². The second-order valence-corrected chi connectivity index (χ2v) is 4.39. The molecule has 72 valence electrons. The lowest BCUT2D eigenvalue weighted by atomic mass is 10.3. The van der Waals surface area contributed by atoms with E-state index < -0.39 is 0 Å². The zero-order chi connectivity index (χ0) is 9.52. The maximum absolute atomic E-state index is 5.76. The minimum absolute atomic E-state index is 0.591. The molecule has 0 amide bonds. The molecule has 0 N–H and O–H groups in total. The SMILES string of the molecule is CCCCSCc1ccnc(Cl)c1. The van der Waals surface area contributed by atoms with Gasteiger partial charge in [-0.15, -0.1) is 0 Å². The van der Waals surface area contributed by atoms with Gasteiger partial charge in [-0.1, -0.05) is 24.9 Å². The van der Waals surface area contributed by atoms with Crippen molar-refractivity contribution in [2.45, 2.75) is 25.5 Å². The van der Waals surface area contributed by atoms with Crippen LogP contribution in [0.25, 0.3) is 0 Å². The van der Waals surface area contributed by atoms with Crippen molar-refractivity contribution in [2.24, 2.45) is 0 Å². The molecular formula is C10H14ClNS. The first-order chi connectivity index (χ1) is 6.33. The van der Waals surface area contributed by atoms with Crippen LogP contribution in [0.1, 0.15) is 25.3 Å². The Balaban J connectivity index is 2.28. The highest BCUT2D eigenvalue weighted by Gasteiger charge is 1.94. The number of hydrogen-bond acceptors (Lipinski definition) is 2. The molecule has 1 aromatic rings. The maximum atomic E-state index is 5.76. The highest BCUT2D eigenvalue weighted by Crippen LogP contribution is 2.15. The van der Waals surface area contributed by atoms with Crippen LogP contribution < -0.4 is 0 Å². The van der Waals surface area contributed by atoms with Crippen molar-refractivity contribution in [1.29, 1.82) is 0 Å². The van der Waals surface area contributed by atoms with Crippen LogP contribution in [-0.4, -0.2) is 10.7 Å². The molecule has 3 heteroatoms. The van der Waals surface area contributed by atoms with E-state index in [1.54, 1.807) is 6.20 Å². The first-order valence-electron chi connectivity index (χ1n) is 4.51. The second-order valence-electron chi connectivity index (χ2n) is 2.89. The van der Waals surface area contributed by atoms with Crippen molar-refractivity contribution >= 4 is 23.4 Å². The molecule has 0 radical (unpaired) electrons. The minimum Gasteiger partial charge on any atom is -0.245 e. The van der Waals surface area contributed by atoms with Crippen LogP contribution in [0.4, 0.5) is 0 Å². The number of aromatic nitrogens is 1. The van der Waals surface area contributed by atoms with Crippen LogP contribution in [0.3, 0.4) is 0 Å². The Kier molecular flexibility index (Phi) is 5.25. The summed E-state index contributed by atoms with van der Waals surface area (Å²) < 4.78 is 0. The van der Waals surface area contributed by atoms with Gasteiger partial charge < -0.3 is 0 Å². The van der Waals surface area contributed by atoms with E-state index in [-0.39, 0.29) is 0 Å². The highest BCUT2D eigenvalue weighted by molar-refractivity contribution is 7.98. The summed E-state index contributed by atoms with van der Waals surface area (Å²) >= 11 is 7.72. The fraction of sp³-hybridized carbons (Fsp3) is 0.500. The summed E-state index contributed by atoms with van der Waals surface area (Å²) in [5, 5.41) is 0.591. The van der Waals surface area contributed by atoms with E-state index in [2.05, 4.69) is 11.9 Å². The van der Waals surface area contributed by atoms with Gasteiger partial charge in [-0.2, -0.15) is 11.8 Å². The number of nitrogens with zero attached hydrogens (tertiary/aromatic N) is 1. The Morgan fingerprint density at radius 1 is 1.54 bits per heavy atom. The number of hydrogen-bond donors (Lipinski definition) is 0. The standard InChI is InChI=1S/C10H14ClNS/c1-2-3-6-13-8-9-4-5-12-10(11)7-9/h4-5,7H,2-3,6,8H2,1H3. The van der Waals surface area contributed by atoms with Crippen LogP contribution in [-0.2, 0) is 5.75 Å². The average Bonchev–Trinajstić information content (AvgIpc) is 2.13. The molecule has 1 aromatic heterocycles. The van der Waals surface area contributed by atoms with E-state index in [1.165, 1.54) is 24.2 Å². The lowest BCUT2D eigenvalue weighted by Gasteiger charge is -2.00. The molecule has 0 fully saturated rings. The number of unbranched alkanes of at least 4 members (excludes halogenated alkanes) is 1. The molecule has 0 saturated heterocycles. The van der Waals surface area contributed by atoms with Gasteiger partial charge in [0.15, 0.2) is 0 Å². The Morgan fingerprint density at radius 3 is 3.08 bits per heavy atom. The summed E-state index contributed by atoms with van der Waals surface area (Å²) in [5.74, 6) is 2.28. The molecule has 0 atom stereocenters. The summed E-state index contributed by atoms with van der Waals surface area (Å²) in [6.07, 6.45) is 4.33. The summed E-state index contributed by atoms with van der Waals surface area (Å²) in [6, 6.07) is 3.95. The van der Waals surface area contributed by atoms with Crippen molar-refractivity contribution < 1.29 is 0 Å². The van der Waals surface area contributed by atoms with Crippen LogP contribution >= 0.6 is 23.4 Å². The van der Waals surface area contributed by atoms with Gasteiger partial charge in [0.25, 0.3) is 0 Å². The summed E-state index contributed by atoms with van der Waals surface area (Å²) in [7, 11) is 0. The van der Waals surface area contributed by atoms with Gasteiger partial charge >= 0.3 is 0 Å². The third-order valence-electron chi connectivity index (χ3n) is 1.70. The topological polar surface area (TPSA) is 12.9 Å². The van der Waals surface area contributed by atoms with Gasteiger partial charge in [0, 0.05) is 11.9 Å². The van der Waals surface area contributed by atoms with E-state index in [1.807, 2.05) is 23.9 Å². The first kappa shape index (κ1) is 10.9. The Labute approximate surface area is 88.9 Å². The van der Waals surface area contributed by atoms with Crippen LogP contribution in [0.5, 0.6) is 0 Å². The van der Waals surface area contributed by atoms with Gasteiger partial charge in [-0.25, -0.2) is 4.98 Å².